The van der Waals surface area contributed by atoms with E-state index in [0.29, 0.717) is 23.8 Å². The van der Waals surface area contributed by atoms with E-state index in [0.717, 1.165) is 57.8 Å². The Kier molecular flexibility index (Phi) is 7.96. The van der Waals surface area contributed by atoms with E-state index in [1.165, 1.54) is 12.0 Å². The Labute approximate surface area is 176 Å². The number of hydrogen-bond acceptors (Lipinski definition) is 2. The highest BCUT2D eigenvalue weighted by atomic mass is 16.2. The van der Waals surface area contributed by atoms with Crippen LogP contribution < -0.4 is 10.6 Å². The molecule has 0 radical (unpaired) electrons. The van der Waals surface area contributed by atoms with Crippen LogP contribution in [0.15, 0.2) is 35.3 Å². The van der Waals surface area contributed by atoms with Gasteiger partial charge >= 0.3 is 0 Å². The molecule has 5 nitrogen and oxygen atoms in total. The predicted octanol–water partition coefficient (Wildman–Crippen LogP) is 3.77. The van der Waals surface area contributed by atoms with Crippen molar-refractivity contribution in [2.24, 2.45) is 16.8 Å². The van der Waals surface area contributed by atoms with Gasteiger partial charge in [-0.1, -0.05) is 44.2 Å². The van der Waals surface area contributed by atoms with E-state index in [2.05, 4.69) is 66.6 Å². The number of rotatable bonds is 8. The normalized spacial score (nSPS) is 22.6. The SMILES string of the molecule is CCNC(=NCC1CC1c1ccccc1)NC1CCN(C(=O)C(CC)CC)CC1. The first kappa shape index (κ1) is 21.7. The maximum Gasteiger partial charge on any atom is 0.225 e. The van der Waals surface area contributed by atoms with Crippen LogP contribution in [0.5, 0.6) is 0 Å². The molecule has 1 aromatic rings. The number of likely N-dealkylation sites (tertiary alicyclic amines) is 1. The first-order chi connectivity index (χ1) is 14.2. The van der Waals surface area contributed by atoms with Crippen molar-refractivity contribution in [2.75, 3.05) is 26.2 Å². The quantitative estimate of drug-likeness (QED) is 0.518. The van der Waals surface area contributed by atoms with Gasteiger partial charge in [0.15, 0.2) is 5.96 Å². The summed E-state index contributed by atoms with van der Waals surface area (Å²) in [6, 6.07) is 11.2. The number of piperidine rings is 1. The molecule has 0 bridgehead atoms. The van der Waals surface area contributed by atoms with Gasteiger partial charge in [0.1, 0.15) is 0 Å². The largest absolute Gasteiger partial charge is 0.357 e. The van der Waals surface area contributed by atoms with Crippen LogP contribution in [0.3, 0.4) is 0 Å². The molecule has 29 heavy (non-hydrogen) atoms. The Morgan fingerprint density at radius 2 is 1.83 bits per heavy atom. The van der Waals surface area contributed by atoms with Crippen LogP contribution in [-0.2, 0) is 4.79 Å². The molecule has 2 atom stereocenters. The number of nitrogens with zero attached hydrogens (tertiary/aromatic N) is 2. The van der Waals surface area contributed by atoms with Crippen LogP contribution in [0.4, 0.5) is 0 Å². The lowest BCUT2D eigenvalue weighted by Crippen LogP contribution is -2.50. The van der Waals surface area contributed by atoms with Gasteiger partial charge in [0.05, 0.1) is 0 Å². The van der Waals surface area contributed by atoms with Crippen molar-refractivity contribution >= 4 is 11.9 Å². The third kappa shape index (κ3) is 5.97. The van der Waals surface area contributed by atoms with E-state index < -0.39 is 0 Å². The van der Waals surface area contributed by atoms with Crippen molar-refractivity contribution in [2.45, 2.75) is 64.8 Å². The van der Waals surface area contributed by atoms with E-state index in [1.807, 2.05) is 0 Å². The van der Waals surface area contributed by atoms with Crippen molar-refractivity contribution in [1.82, 2.24) is 15.5 Å². The fourth-order valence-corrected chi connectivity index (χ4v) is 4.42. The second kappa shape index (κ2) is 10.7. The van der Waals surface area contributed by atoms with Crippen LogP contribution in [-0.4, -0.2) is 49.0 Å². The van der Waals surface area contributed by atoms with Gasteiger partial charge in [-0.2, -0.15) is 0 Å². The number of aliphatic imine (C=N–C) groups is 1. The summed E-state index contributed by atoms with van der Waals surface area (Å²) in [5, 5.41) is 7.01. The first-order valence-electron chi connectivity index (χ1n) is 11.5. The second-order valence-corrected chi connectivity index (χ2v) is 8.49. The smallest absolute Gasteiger partial charge is 0.225 e. The van der Waals surface area contributed by atoms with Gasteiger partial charge in [-0.15, -0.1) is 0 Å². The number of amides is 1. The summed E-state index contributed by atoms with van der Waals surface area (Å²) in [5.41, 5.74) is 1.44. The molecule has 0 aromatic heterocycles. The summed E-state index contributed by atoms with van der Waals surface area (Å²) in [5.74, 6) is 2.79. The van der Waals surface area contributed by atoms with Crippen molar-refractivity contribution < 1.29 is 4.79 Å². The molecule has 1 saturated carbocycles. The molecular weight excluding hydrogens is 360 g/mol. The maximum atomic E-state index is 12.6. The average molecular weight is 399 g/mol. The lowest BCUT2D eigenvalue weighted by Gasteiger charge is -2.34. The van der Waals surface area contributed by atoms with Crippen LogP contribution in [0.25, 0.3) is 0 Å². The van der Waals surface area contributed by atoms with Crippen LogP contribution in [0.2, 0.25) is 0 Å². The van der Waals surface area contributed by atoms with Crippen LogP contribution in [0, 0.1) is 11.8 Å². The van der Waals surface area contributed by atoms with E-state index in [1.54, 1.807) is 0 Å². The first-order valence-corrected chi connectivity index (χ1v) is 11.5. The monoisotopic (exact) mass is 398 g/mol. The van der Waals surface area contributed by atoms with E-state index in [4.69, 9.17) is 4.99 Å². The molecule has 0 spiro atoms. The Morgan fingerprint density at radius 1 is 1.14 bits per heavy atom. The number of guanidine groups is 1. The van der Waals surface area contributed by atoms with Crippen LogP contribution >= 0.6 is 0 Å². The van der Waals surface area contributed by atoms with Crippen molar-refractivity contribution in [1.29, 1.82) is 0 Å². The zero-order valence-electron chi connectivity index (χ0n) is 18.4. The zero-order valence-corrected chi connectivity index (χ0v) is 18.4. The Morgan fingerprint density at radius 3 is 2.45 bits per heavy atom. The highest BCUT2D eigenvalue weighted by Crippen LogP contribution is 2.47. The Hall–Kier alpha value is -2.04. The molecular formula is C24H38N4O. The summed E-state index contributed by atoms with van der Waals surface area (Å²) >= 11 is 0. The molecule has 1 amide bonds. The summed E-state index contributed by atoms with van der Waals surface area (Å²) in [7, 11) is 0. The number of carbonyl (C=O) groups is 1. The molecule has 2 aliphatic rings. The molecule has 1 saturated heterocycles. The predicted molar refractivity (Wildman–Crippen MR) is 120 cm³/mol. The third-order valence-corrected chi connectivity index (χ3v) is 6.46. The van der Waals surface area contributed by atoms with Gasteiger partial charge in [0.25, 0.3) is 0 Å². The maximum absolute atomic E-state index is 12.6. The van der Waals surface area contributed by atoms with E-state index in [9.17, 15) is 4.79 Å². The molecule has 2 fully saturated rings. The minimum atomic E-state index is 0.189. The van der Waals surface area contributed by atoms with Gasteiger partial charge in [-0.3, -0.25) is 9.79 Å². The minimum Gasteiger partial charge on any atom is -0.357 e. The highest BCUT2D eigenvalue weighted by Gasteiger charge is 2.37. The van der Waals surface area contributed by atoms with Crippen molar-refractivity contribution in [3.8, 4) is 0 Å². The lowest BCUT2D eigenvalue weighted by molar-refractivity contribution is -0.136. The summed E-state index contributed by atoms with van der Waals surface area (Å²) in [6.45, 7) is 9.78. The minimum absolute atomic E-state index is 0.189. The topological polar surface area (TPSA) is 56.7 Å². The van der Waals surface area contributed by atoms with E-state index >= 15 is 0 Å². The summed E-state index contributed by atoms with van der Waals surface area (Å²) in [4.78, 5) is 19.5. The molecule has 1 aromatic carbocycles. The summed E-state index contributed by atoms with van der Waals surface area (Å²) < 4.78 is 0. The molecule has 1 heterocycles. The van der Waals surface area contributed by atoms with Gasteiger partial charge < -0.3 is 15.5 Å². The fraction of sp³-hybridized carbons (Fsp3) is 0.667. The number of hydrogen-bond donors (Lipinski definition) is 2. The van der Waals surface area contributed by atoms with Crippen LogP contribution in [0.1, 0.15) is 64.4 Å². The number of carbonyl (C=O) groups excluding carboxylic acids is 1. The third-order valence-electron chi connectivity index (χ3n) is 6.46. The fourth-order valence-electron chi connectivity index (χ4n) is 4.42. The molecule has 5 heteroatoms. The van der Waals surface area contributed by atoms with E-state index in [-0.39, 0.29) is 5.92 Å². The molecule has 3 rings (SSSR count). The molecule has 2 unspecified atom stereocenters. The molecule has 2 N–H and O–H groups in total. The average Bonchev–Trinajstić information content (AvgIpc) is 3.54. The Bertz CT molecular complexity index is 663. The lowest BCUT2D eigenvalue weighted by atomic mass is 9.98. The highest BCUT2D eigenvalue weighted by molar-refractivity contribution is 5.80. The van der Waals surface area contributed by atoms with Gasteiger partial charge in [-0.05, 0) is 56.4 Å². The molecule has 1 aliphatic carbocycles. The second-order valence-electron chi connectivity index (χ2n) is 8.49. The van der Waals surface area contributed by atoms with Gasteiger partial charge in [-0.25, -0.2) is 0 Å². The molecule has 1 aliphatic heterocycles. The molecule has 160 valence electrons. The Balaban J connectivity index is 1.46. The standard InChI is InChI=1S/C24H38N4O/c1-4-18(5-2)23(29)28-14-12-21(13-15-28)27-24(25-6-3)26-17-20-16-22(20)19-10-8-7-9-11-19/h7-11,18,20-22H,4-6,12-17H2,1-3H3,(H2,25,26,27). The summed E-state index contributed by atoms with van der Waals surface area (Å²) in [6.07, 6.45) is 5.11. The van der Waals surface area contributed by atoms with Crippen molar-refractivity contribution in [3.05, 3.63) is 35.9 Å². The number of nitrogens with one attached hydrogen (secondary N) is 2. The zero-order chi connectivity index (χ0) is 20.6. The van der Waals surface area contributed by atoms with Gasteiger partial charge in [0.2, 0.25) is 5.91 Å². The number of benzene rings is 1. The van der Waals surface area contributed by atoms with Gasteiger partial charge in [0, 0.05) is 38.1 Å². The van der Waals surface area contributed by atoms with Crippen molar-refractivity contribution in [3.63, 3.8) is 0 Å².